The molecule has 1 aliphatic rings. The summed E-state index contributed by atoms with van der Waals surface area (Å²) in [6.45, 7) is 6.41. The first-order chi connectivity index (χ1) is 16.5. The summed E-state index contributed by atoms with van der Waals surface area (Å²) in [6.07, 6.45) is 1.46. The van der Waals surface area contributed by atoms with Crippen LogP contribution in [0.25, 0.3) is 16.9 Å². The highest BCUT2D eigenvalue weighted by Gasteiger charge is 2.27. The van der Waals surface area contributed by atoms with Crippen molar-refractivity contribution in [3.05, 3.63) is 66.4 Å². The predicted octanol–water partition coefficient (Wildman–Crippen LogP) is 4.27. The van der Waals surface area contributed by atoms with Gasteiger partial charge in [0.1, 0.15) is 5.75 Å². The van der Waals surface area contributed by atoms with Crippen LogP contribution in [0.5, 0.6) is 5.75 Å². The van der Waals surface area contributed by atoms with Crippen molar-refractivity contribution in [3.63, 3.8) is 0 Å². The van der Waals surface area contributed by atoms with Gasteiger partial charge < -0.3 is 14.5 Å². The number of aromatic nitrogens is 2. The normalized spacial score (nSPS) is 13.9. The summed E-state index contributed by atoms with van der Waals surface area (Å²) in [4.78, 5) is 29.5. The fraction of sp³-hybridized carbons (Fsp3) is 0.370. The second-order valence-corrected chi connectivity index (χ2v) is 9.00. The van der Waals surface area contributed by atoms with E-state index in [1.165, 1.54) is 0 Å². The molecule has 0 radical (unpaired) electrons. The Kier molecular flexibility index (Phi) is 7.30. The lowest BCUT2D eigenvalue weighted by Gasteiger charge is -2.34. The smallest absolute Gasteiger partial charge is 0.274 e. The van der Waals surface area contributed by atoms with Crippen molar-refractivity contribution in [2.45, 2.75) is 26.7 Å². The zero-order chi connectivity index (χ0) is 24.1. The van der Waals surface area contributed by atoms with Gasteiger partial charge >= 0.3 is 0 Å². The molecule has 7 nitrogen and oxygen atoms in total. The minimum Gasteiger partial charge on any atom is -0.497 e. The van der Waals surface area contributed by atoms with Gasteiger partial charge in [0, 0.05) is 38.2 Å². The Bertz CT molecular complexity index is 1110. The molecule has 0 atom stereocenters. The molecule has 1 aliphatic heterocycles. The quantitative estimate of drug-likeness (QED) is 0.528. The third-order valence-corrected chi connectivity index (χ3v) is 6.17. The number of methoxy groups -OCH3 is 1. The number of carbonyl (C=O) groups is 2. The number of para-hydroxylation sites is 1. The van der Waals surface area contributed by atoms with E-state index >= 15 is 0 Å². The average molecular weight is 461 g/mol. The average Bonchev–Trinajstić information content (AvgIpc) is 3.33. The molecule has 1 fully saturated rings. The van der Waals surface area contributed by atoms with E-state index in [1.807, 2.05) is 65.6 Å². The molecule has 178 valence electrons. The van der Waals surface area contributed by atoms with Crippen molar-refractivity contribution < 1.29 is 14.3 Å². The summed E-state index contributed by atoms with van der Waals surface area (Å²) in [6, 6.07) is 19.4. The van der Waals surface area contributed by atoms with Crippen LogP contribution in [-0.4, -0.2) is 64.7 Å². The predicted molar refractivity (Wildman–Crippen MR) is 132 cm³/mol. The Morgan fingerprint density at radius 3 is 2.21 bits per heavy atom. The summed E-state index contributed by atoms with van der Waals surface area (Å²) in [7, 11) is 1.64. The summed E-state index contributed by atoms with van der Waals surface area (Å²) in [5.74, 6) is 1.34. The van der Waals surface area contributed by atoms with Crippen LogP contribution < -0.4 is 4.74 Å². The molecule has 0 spiro atoms. The highest BCUT2D eigenvalue weighted by molar-refractivity contribution is 5.94. The van der Waals surface area contributed by atoms with E-state index in [9.17, 15) is 9.59 Å². The zero-order valence-electron chi connectivity index (χ0n) is 20.1. The van der Waals surface area contributed by atoms with Crippen LogP contribution in [-0.2, 0) is 4.79 Å². The largest absolute Gasteiger partial charge is 0.497 e. The van der Waals surface area contributed by atoms with Crippen molar-refractivity contribution >= 4 is 11.8 Å². The summed E-state index contributed by atoms with van der Waals surface area (Å²) in [5, 5.41) is 4.69. The first kappa shape index (κ1) is 23.5. The van der Waals surface area contributed by atoms with Crippen LogP contribution in [0.4, 0.5) is 0 Å². The molecular formula is C27H32N4O3. The van der Waals surface area contributed by atoms with Crippen LogP contribution in [0.15, 0.2) is 60.7 Å². The van der Waals surface area contributed by atoms with Crippen molar-refractivity contribution in [2.75, 3.05) is 33.3 Å². The Morgan fingerprint density at radius 2 is 1.59 bits per heavy atom. The minimum absolute atomic E-state index is 0.112. The molecule has 2 heterocycles. The highest BCUT2D eigenvalue weighted by Crippen LogP contribution is 2.27. The lowest BCUT2D eigenvalue weighted by molar-refractivity contribution is -0.132. The van der Waals surface area contributed by atoms with Gasteiger partial charge in [0.2, 0.25) is 5.91 Å². The number of piperazine rings is 1. The Hall–Kier alpha value is -3.61. The molecule has 1 aromatic heterocycles. The number of amides is 2. The van der Waals surface area contributed by atoms with Gasteiger partial charge in [-0.2, -0.15) is 5.10 Å². The number of rotatable bonds is 7. The molecule has 0 saturated carbocycles. The maximum Gasteiger partial charge on any atom is 0.274 e. The van der Waals surface area contributed by atoms with Crippen LogP contribution in [0.1, 0.15) is 37.2 Å². The van der Waals surface area contributed by atoms with Gasteiger partial charge in [-0.1, -0.05) is 32.0 Å². The number of hydrogen-bond acceptors (Lipinski definition) is 4. The maximum atomic E-state index is 13.3. The van der Waals surface area contributed by atoms with Crippen molar-refractivity contribution in [1.29, 1.82) is 0 Å². The Labute approximate surface area is 200 Å². The van der Waals surface area contributed by atoms with E-state index in [0.717, 1.165) is 29.1 Å². The van der Waals surface area contributed by atoms with E-state index in [1.54, 1.807) is 16.7 Å². The summed E-state index contributed by atoms with van der Waals surface area (Å²) < 4.78 is 7.09. The highest BCUT2D eigenvalue weighted by atomic mass is 16.5. The molecule has 34 heavy (non-hydrogen) atoms. The number of hydrogen-bond donors (Lipinski definition) is 0. The van der Waals surface area contributed by atoms with Gasteiger partial charge in [0.15, 0.2) is 5.69 Å². The molecular weight excluding hydrogens is 428 g/mol. The van der Waals surface area contributed by atoms with Crippen LogP contribution in [0, 0.1) is 5.92 Å². The van der Waals surface area contributed by atoms with E-state index in [0.29, 0.717) is 44.2 Å². The molecule has 1 saturated heterocycles. The minimum atomic E-state index is -0.112. The monoisotopic (exact) mass is 460 g/mol. The van der Waals surface area contributed by atoms with Crippen LogP contribution in [0.3, 0.4) is 0 Å². The molecule has 7 heteroatoms. The topological polar surface area (TPSA) is 67.7 Å². The van der Waals surface area contributed by atoms with Gasteiger partial charge in [-0.3, -0.25) is 9.59 Å². The number of carbonyl (C=O) groups excluding carboxylic acids is 2. The number of nitrogens with zero attached hydrogens (tertiary/aromatic N) is 4. The molecule has 0 N–H and O–H groups in total. The summed E-state index contributed by atoms with van der Waals surface area (Å²) >= 11 is 0. The van der Waals surface area contributed by atoms with Gasteiger partial charge in [-0.25, -0.2) is 4.68 Å². The molecule has 2 aromatic carbocycles. The van der Waals surface area contributed by atoms with Crippen molar-refractivity contribution in [3.8, 4) is 22.7 Å². The van der Waals surface area contributed by atoms with E-state index in [4.69, 9.17) is 9.84 Å². The molecule has 0 aliphatic carbocycles. The van der Waals surface area contributed by atoms with Crippen LogP contribution in [0.2, 0.25) is 0 Å². The molecule has 3 aromatic rings. The van der Waals surface area contributed by atoms with Gasteiger partial charge in [0.25, 0.3) is 5.91 Å². The molecule has 4 rings (SSSR count). The lowest BCUT2D eigenvalue weighted by atomic mass is 10.1. The third kappa shape index (κ3) is 5.30. The second kappa shape index (κ2) is 10.5. The summed E-state index contributed by atoms with van der Waals surface area (Å²) in [5.41, 5.74) is 3.05. The van der Waals surface area contributed by atoms with E-state index in [-0.39, 0.29) is 11.8 Å². The molecule has 2 amide bonds. The number of benzene rings is 2. The maximum absolute atomic E-state index is 13.3. The fourth-order valence-electron chi connectivity index (χ4n) is 4.11. The molecule has 0 unspecified atom stereocenters. The van der Waals surface area contributed by atoms with Gasteiger partial charge in [0.05, 0.1) is 18.5 Å². The number of ether oxygens (including phenoxy) is 1. The SMILES string of the molecule is COc1ccc(-c2cc(C(=O)N3CCN(C(=O)CCC(C)C)CC3)nn2-c2ccccc2)cc1. The zero-order valence-corrected chi connectivity index (χ0v) is 20.1. The second-order valence-electron chi connectivity index (χ2n) is 9.00. The third-order valence-electron chi connectivity index (χ3n) is 6.17. The van der Waals surface area contributed by atoms with Crippen LogP contribution >= 0.6 is 0 Å². The molecule has 0 bridgehead atoms. The van der Waals surface area contributed by atoms with Gasteiger partial charge in [-0.05, 0) is 54.8 Å². The first-order valence-corrected chi connectivity index (χ1v) is 11.8. The Balaban J connectivity index is 1.53. The Morgan fingerprint density at radius 1 is 0.941 bits per heavy atom. The van der Waals surface area contributed by atoms with Gasteiger partial charge in [-0.15, -0.1) is 0 Å². The van der Waals surface area contributed by atoms with E-state index < -0.39 is 0 Å². The van der Waals surface area contributed by atoms with Crippen molar-refractivity contribution in [1.82, 2.24) is 19.6 Å². The lowest BCUT2D eigenvalue weighted by Crippen LogP contribution is -2.50. The van der Waals surface area contributed by atoms with E-state index in [2.05, 4.69) is 13.8 Å². The first-order valence-electron chi connectivity index (χ1n) is 11.8. The van der Waals surface area contributed by atoms with Crippen molar-refractivity contribution in [2.24, 2.45) is 5.92 Å². The fourth-order valence-corrected chi connectivity index (χ4v) is 4.11. The standard InChI is InChI=1S/C27H32N4O3/c1-20(2)9-14-26(32)29-15-17-30(18-16-29)27(33)24-19-25(21-10-12-23(34-3)13-11-21)31(28-24)22-7-5-4-6-8-22/h4-8,10-13,19-20H,9,14-18H2,1-3H3.